The molecule has 0 unspecified atom stereocenters. The maximum atomic E-state index is 5.91. The first-order chi connectivity index (χ1) is 10.4. The van der Waals surface area contributed by atoms with Crippen LogP contribution in [0.4, 0.5) is 0 Å². The molecule has 1 atom stereocenters. The van der Waals surface area contributed by atoms with Crippen molar-refractivity contribution in [2.24, 2.45) is 0 Å². The van der Waals surface area contributed by atoms with Crippen LogP contribution in [0.3, 0.4) is 0 Å². The van der Waals surface area contributed by atoms with Crippen molar-refractivity contribution in [1.29, 1.82) is 0 Å². The Morgan fingerprint density at radius 3 is 3.05 bits per heavy atom. The fourth-order valence-electron chi connectivity index (χ4n) is 2.96. The minimum atomic E-state index is 0.0698. The number of methoxy groups -OCH3 is 1. The van der Waals surface area contributed by atoms with Gasteiger partial charge in [-0.05, 0) is 24.8 Å². The molecule has 0 amide bonds. The van der Waals surface area contributed by atoms with E-state index in [4.69, 9.17) is 14.2 Å². The predicted molar refractivity (Wildman–Crippen MR) is 78.3 cm³/mol. The second kappa shape index (κ2) is 7.35. The standard InChI is InChI=1S/C15H25N3O3/c1-19-9-5-18-11-12-2-8-21-14(15(12)17-18)10-16-13-3-6-20-7-4-13/h11,13-14,16H,2-10H2,1H3/t14-/m1/s1. The summed E-state index contributed by atoms with van der Waals surface area (Å²) in [4.78, 5) is 0. The van der Waals surface area contributed by atoms with Gasteiger partial charge in [-0.1, -0.05) is 0 Å². The summed E-state index contributed by atoms with van der Waals surface area (Å²) in [5.74, 6) is 0. The molecule has 3 heterocycles. The summed E-state index contributed by atoms with van der Waals surface area (Å²) < 4.78 is 18.4. The average molecular weight is 295 g/mol. The molecular weight excluding hydrogens is 270 g/mol. The lowest BCUT2D eigenvalue weighted by Gasteiger charge is -2.27. The molecular formula is C15H25N3O3. The Balaban J connectivity index is 1.58. The van der Waals surface area contributed by atoms with E-state index in [1.165, 1.54) is 5.56 Å². The molecule has 0 aliphatic carbocycles. The largest absolute Gasteiger partial charge is 0.383 e. The Morgan fingerprint density at radius 1 is 1.38 bits per heavy atom. The Bertz CT molecular complexity index is 443. The number of nitrogens with one attached hydrogen (secondary N) is 1. The number of nitrogens with zero attached hydrogens (tertiary/aromatic N) is 2. The van der Waals surface area contributed by atoms with Crippen LogP contribution in [0.15, 0.2) is 6.20 Å². The number of ether oxygens (including phenoxy) is 3. The topological polar surface area (TPSA) is 57.5 Å². The van der Waals surface area contributed by atoms with Gasteiger partial charge in [-0.25, -0.2) is 0 Å². The van der Waals surface area contributed by atoms with E-state index < -0.39 is 0 Å². The number of rotatable bonds is 6. The molecule has 0 aromatic carbocycles. The second-order valence-corrected chi connectivity index (χ2v) is 5.70. The first kappa shape index (κ1) is 15.0. The van der Waals surface area contributed by atoms with Crippen LogP contribution in [0.2, 0.25) is 0 Å². The molecule has 1 N–H and O–H groups in total. The summed E-state index contributed by atoms with van der Waals surface area (Å²) in [6.45, 7) is 4.82. The molecule has 0 spiro atoms. The lowest BCUT2D eigenvalue weighted by atomic mass is 10.0. The first-order valence-electron chi connectivity index (χ1n) is 7.84. The van der Waals surface area contributed by atoms with Gasteiger partial charge >= 0.3 is 0 Å². The monoisotopic (exact) mass is 295 g/mol. The van der Waals surface area contributed by atoms with Crippen molar-refractivity contribution in [3.63, 3.8) is 0 Å². The lowest BCUT2D eigenvalue weighted by Crippen LogP contribution is -2.38. The highest BCUT2D eigenvalue weighted by Gasteiger charge is 2.25. The predicted octanol–water partition coefficient (Wildman–Crippen LogP) is 0.912. The number of aromatic nitrogens is 2. The molecule has 1 aromatic rings. The van der Waals surface area contributed by atoms with Gasteiger partial charge < -0.3 is 19.5 Å². The lowest BCUT2D eigenvalue weighted by molar-refractivity contribution is 0.0297. The highest BCUT2D eigenvalue weighted by atomic mass is 16.5. The van der Waals surface area contributed by atoms with Crippen molar-refractivity contribution in [2.45, 2.75) is 38.0 Å². The third kappa shape index (κ3) is 3.83. The van der Waals surface area contributed by atoms with Crippen LogP contribution in [0.25, 0.3) is 0 Å². The Kier molecular flexibility index (Phi) is 5.24. The number of fused-ring (bicyclic) bond motifs is 1. The maximum absolute atomic E-state index is 5.91. The summed E-state index contributed by atoms with van der Waals surface area (Å²) >= 11 is 0. The molecule has 2 aliphatic rings. The smallest absolute Gasteiger partial charge is 0.114 e. The van der Waals surface area contributed by atoms with E-state index in [0.717, 1.165) is 57.9 Å². The molecule has 0 bridgehead atoms. The summed E-state index contributed by atoms with van der Waals surface area (Å²) in [7, 11) is 1.72. The number of hydrogen-bond acceptors (Lipinski definition) is 5. The minimum absolute atomic E-state index is 0.0698. The van der Waals surface area contributed by atoms with Crippen molar-refractivity contribution in [2.75, 3.05) is 40.1 Å². The normalized spacial score (nSPS) is 23.2. The van der Waals surface area contributed by atoms with Crippen molar-refractivity contribution in [1.82, 2.24) is 15.1 Å². The van der Waals surface area contributed by atoms with Gasteiger partial charge in [0, 0.05) is 39.1 Å². The zero-order valence-electron chi connectivity index (χ0n) is 12.7. The zero-order chi connectivity index (χ0) is 14.5. The Morgan fingerprint density at radius 2 is 2.24 bits per heavy atom. The quantitative estimate of drug-likeness (QED) is 0.845. The van der Waals surface area contributed by atoms with E-state index >= 15 is 0 Å². The van der Waals surface area contributed by atoms with E-state index in [1.807, 2.05) is 4.68 Å². The van der Waals surface area contributed by atoms with E-state index in [2.05, 4.69) is 16.6 Å². The van der Waals surface area contributed by atoms with Crippen molar-refractivity contribution in [3.8, 4) is 0 Å². The van der Waals surface area contributed by atoms with Gasteiger partial charge in [0.05, 0.1) is 25.5 Å². The molecule has 6 nitrogen and oxygen atoms in total. The van der Waals surface area contributed by atoms with E-state index in [-0.39, 0.29) is 6.10 Å². The van der Waals surface area contributed by atoms with E-state index in [9.17, 15) is 0 Å². The van der Waals surface area contributed by atoms with Crippen LogP contribution in [-0.4, -0.2) is 55.9 Å². The summed E-state index contributed by atoms with van der Waals surface area (Å²) in [6, 6.07) is 0.545. The molecule has 1 saturated heterocycles. The molecule has 6 heteroatoms. The van der Waals surface area contributed by atoms with Crippen molar-refractivity contribution < 1.29 is 14.2 Å². The van der Waals surface area contributed by atoms with Gasteiger partial charge in [0.25, 0.3) is 0 Å². The molecule has 21 heavy (non-hydrogen) atoms. The fourth-order valence-corrected chi connectivity index (χ4v) is 2.96. The van der Waals surface area contributed by atoms with Crippen molar-refractivity contribution >= 4 is 0 Å². The highest BCUT2D eigenvalue weighted by Crippen LogP contribution is 2.25. The van der Waals surface area contributed by atoms with Crippen LogP contribution in [0.1, 0.15) is 30.2 Å². The number of hydrogen-bond donors (Lipinski definition) is 1. The summed E-state index contributed by atoms with van der Waals surface area (Å²) in [6.07, 6.45) is 5.33. The van der Waals surface area contributed by atoms with Crippen LogP contribution in [0.5, 0.6) is 0 Å². The van der Waals surface area contributed by atoms with Gasteiger partial charge in [0.2, 0.25) is 0 Å². The SMILES string of the molecule is COCCn1cc2c(n1)[C@@H](CNC1CCOCC1)OCC2. The van der Waals surface area contributed by atoms with Gasteiger partial charge in [0.1, 0.15) is 6.10 Å². The molecule has 0 radical (unpaired) electrons. The molecule has 3 rings (SSSR count). The first-order valence-corrected chi connectivity index (χ1v) is 7.84. The van der Waals surface area contributed by atoms with Crippen LogP contribution >= 0.6 is 0 Å². The van der Waals surface area contributed by atoms with Crippen LogP contribution < -0.4 is 5.32 Å². The van der Waals surface area contributed by atoms with Gasteiger partial charge in [0.15, 0.2) is 0 Å². The summed E-state index contributed by atoms with van der Waals surface area (Å²) in [5.41, 5.74) is 2.41. The van der Waals surface area contributed by atoms with E-state index in [0.29, 0.717) is 12.6 Å². The Labute approximate surface area is 125 Å². The average Bonchev–Trinajstić information content (AvgIpc) is 2.95. The third-order valence-corrected chi connectivity index (χ3v) is 4.20. The van der Waals surface area contributed by atoms with E-state index in [1.54, 1.807) is 7.11 Å². The third-order valence-electron chi connectivity index (χ3n) is 4.20. The Hall–Kier alpha value is -0.950. The maximum Gasteiger partial charge on any atom is 0.114 e. The van der Waals surface area contributed by atoms with Gasteiger partial charge in [-0.15, -0.1) is 0 Å². The fraction of sp³-hybridized carbons (Fsp3) is 0.800. The van der Waals surface area contributed by atoms with Crippen molar-refractivity contribution in [3.05, 3.63) is 17.5 Å². The van der Waals surface area contributed by atoms with Crippen LogP contribution in [0, 0.1) is 0 Å². The molecule has 2 aliphatic heterocycles. The molecule has 0 saturated carbocycles. The molecule has 1 aromatic heterocycles. The summed E-state index contributed by atoms with van der Waals surface area (Å²) in [5, 5.41) is 8.29. The van der Waals surface area contributed by atoms with Gasteiger partial charge in [-0.3, -0.25) is 4.68 Å². The molecule has 1 fully saturated rings. The second-order valence-electron chi connectivity index (χ2n) is 5.70. The highest BCUT2D eigenvalue weighted by molar-refractivity contribution is 5.22. The van der Waals surface area contributed by atoms with Gasteiger partial charge in [-0.2, -0.15) is 5.10 Å². The van der Waals surface area contributed by atoms with Crippen LogP contribution in [-0.2, 0) is 27.2 Å². The minimum Gasteiger partial charge on any atom is -0.383 e. The zero-order valence-corrected chi connectivity index (χ0v) is 12.7. The molecule has 118 valence electrons.